The molecule has 3 aromatic carbocycles. The summed E-state index contributed by atoms with van der Waals surface area (Å²) in [6.07, 6.45) is 1.58. The number of aromatic hydroxyl groups is 1. The van der Waals surface area contributed by atoms with Crippen molar-refractivity contribution >= 4 is 26.8 Å². The van der Waals surface area contributed by atoms with Crippen LogP contribution in [0.15, 0.2) is 76.0 Å². The molecule has 3 unspecified atom stereocenters. The van der Waals surface area contributed by atoms with Crippen LogP contribution in [0.3, 0.4) is 0 Å². The summed E-state index contributed by atoms with van der Waals surface area (Å²) in [6.45, 7) is 0.608. The summed E-state index contributed by atoms with van der Waals surface area (Å²) in [5.41, 5.74) is 8.89. The van der Waals surface area contributed by atoms with E-state index in [1.54, 1.807) is 30.3 Å². The molecule has 8 heteroatoms. The van der Waals surface area contributed by atoms with Crippen LogP contribution in [-0.4, -0.2) is 28.2 Å². The van der Waals surface area contributed by atoms with Gasteiger partial charge in [0.25, 0.3) is 5.56 Å². The quantitative estimate of drug-likeness (QED) is 0.277. The molecule has 1 aliphatic rings. The van der Waals surface area contributed by atoms with Crippen LogP contribution in [0.2, 0.25) is 0 Å². The first-order valence-corrected chi connectivity index (χ1v) is 12.6. The van der Waals surface area contributed by atoms with Crippen LogP contribution in [0.4, 0.5) is 8.78 Å². The van der Waals surface area contributed by atoms with Crippen LogP contribution in [0.5, 0.6) is 5.75 Å². The zero-order valence-electron chi connectivity index (χ0n) is 19.4. The predicted molar refractivity (Wildman–Crippen MR) is 140 cm³/mol. The molecule has 0 aliphatic carbocycles. The molecular weight excluding hydrogens is 528 g/mol. The summed E-state index contributed by atoms with van der Waals surface area (Å²) in [7, 11) is 0. The van der Waals surface area contributed by atoms with E-state index in [2.05, 4.69) is 26.2 Å². The molecule has 0 amide bonds. The number of nitrogens with two attached hydrogens (primary N) is 1. The average Bonchev–Trinajstić information content (AvgIpc) is 2.83. The number of nitrogens with one attached hydrogen (secondary N) is 2. The van der Waals surface area contributed by atoms with Gasteiger partial charge in [-0.3, -0.25) is 4.79 Å². The molecule has 2 heterocycles. The Morgan fingerprint density at radius 2 is 1.83 bits per heavy atom. The van der Waals surface area contributed by atoms with Gasteiger partial charge in [-0.1, -0.05) is 34.1 Å². The van der Waals surface area contributed by atoms with Crippen molar-refractivity contribution in [1.82, 2.24) is 10.3 Å². The second-order valence-electron chi connectivity index (χ2n) is 9.60. The zero-order valence-corrected chi connectivity index (χ0v) is 21.0. The fourth-order valence-corrected chi connectivity index (χ4v) is 5.78. The summed E-state index contributed by atoms with van der Waals surface area (Å²) in [6, 6.07) is 18.2. The third-order valence-corrected chi connectivity index (χ3v) is 7.56. The van der Waals surface area contributed by atoms with Gasteiger partial charge in [-0.05, 0) is 90.9 Å². The first kappa shape index (κ1) is 24.6. The number of rotatable bonds is 5. The molecule has 1 aromatic heterocycles. The van der Waals surface area contributed by atoms with Crippen molar-refractivity contribution in [1.29, 1.82) is 0 Å². The van der Waals surface area contributed by atoms with Crippen molar-refractivity contribution in [3.8, 4) is 5.75 Å². The molecule has 1 saturated heterocycles. The number of H-pyrrole nitrogens is 1. The lowest BCUT2D eigenvalue weighted by molar-refractivity contribution is 0.230. The largest absolute Gasteiger partial charge is 0.508 e. The van der Waals surface area contributed by atoms with Crippen molar-refractivity contribution in [3.63, 3.8) is 0 Å². The Labute approximate surface area is 215 Å². The monoisotopic (exact) mass is 553 g/mol. The van der Waals surface area contributed by atoms with Gasteiger partial charge in [0.2, 0.25) is 0 Å². The van der Waals surface area contributed by atoms with Gasteiger partial charge in [-0.2, -0.15) is 0 Å². The fraction of sp³-hybridized carbons (Fsp3) is 0.250. The minimum atomic E-state index is -0.877. The molecule has 5 rings (SSSR count). The molecule has 5 N–H and O–H groups in total. The topological polar surface area (TPSA) is 91.1 Å². The number of hydrogen-bond acceptors (Lipinski definition) is 4. The van der Waals surface area contributed by atoms with Crippen molar-refractivity contribution in [2.75, 3.05) is 6.54 Å². The third-order valence-electron chi connectivity index (χ3n) is 7.06. The van der Waals surface area contributed by atoms with Gasteiger partial charge in [-0.25, -0.2) is 8.78 Å². The maximum absolute atomic E-state index is 13.8. The standard InChI is InChI=1S/C28H26BrF2N3O2/c29-19-4-8-25-18(13-19)14-22(27(36)34-25)26(17-2-5-21(35)6-3-17)28(32)9-10-33-20(15-28)11-16-1-7-23(30)24(31)12-16/h1-8,12-14,20,26,33,35H,9-11,15,32H2,(H,34,36). The molecule has 0 bridgehead atoms. The normalized spacial score (nSPS) is 20.9. The number of benzene rings is 3. The molecule has 1 fully saturated rings. The Morgan fingerprint density at radius 3 is 2.58 bits per heavy atom. The molecule has 0 spiro atoms. The number of pyridine rings is 1. The van der Waals surface area contributed by atoms with E-state index in [1.807, 2.05) is 24.3 Å². The first-order chi connectivity index (χ1) is 17.2. The molecule has 1 aliphatic heterocycles. The Bertz CT molecular complexity index is 1470. The maximum Gasteiger partial charge on any atom is 0.252 e. The lowest BCUT2D eigenvalue weighted by Gasteiger charge is -2.44. The summed E-state index contributed by atoms with van der Waals surface area (Å²) in [5, 5.41) is 14.2. The van der Waals surface area contributed by atoms with Crippen LogP contribution < -0.4 is 16.6 Å². The van der Waals surface area contributed by atoms with E-state index in [0.717, 1.165) is 27.0 Å². The van der Waals surface area contributed by atoms with E-state index >= 15 is 0 Å². The number of piperidine rings is 1. The number of hydrogen-bond donors (Lipinski definition) is 4. The van der Waals surface area contributed by atoms with Gasteiger partial charge in [0.15, 0.2) is 11.6 Å². The van der Waals surface area contributed by atoms with Crippen molar-refractivity contribution in [3.05, 3.63) is 110 Å². The van der Waals surface area contributed by atoms with Crippen molar-refractivity contribution in [2.24, 2.45) is 5.73 Å². The van der Waals surface area contributed by atoms with Gasteiger partial charge >= 0.3 is 0 Å². The predicted octanol–water partition coefficient (Wildman–Crippen LogP) is 5.10. The summed E-state index contributed by atoms with van der Waals surface area (Å²) in [4.78, 5) is 16.4. The van der Waals surface area contributed by atoms with Crippen LogP contribution in [0, 0.1) is 11.6 Å². The highest BCUT2D eigenvalue weighted by atomic mass is 79.9. The Kier molecular flexibility index (Phi) is 6.68. The molecule has 3 atom stereocenters. The molecular formula is C28H26BrF2N3O2. The van der Waals surface area contributed by atoms with Crippen molar-refractivity contribution < 1.29 is 13.9 Å². The Balaban J connectivity index is 1.56. The Hall–Kier alpha value is -3.07. The molecule has 4 aromatic rings. The van der Waals surface area contributed by atoms with Crippen LogP contribution in [0.1, 0.15) is 35.4 Å². The summed E-state index contributed by atoms with van der Waals surface area (Å²) in [5.74, 6) is -2.09. The van der Waals surface area contributed by atoms with Crippen LogP contribution in [-0.2, 0) is 6.42 Å². The van der Waals surface area contributed by atoms with Crippen LogP contribution in [0.25, 0.3) is 10.9 Å². The van der Waals surface area contributed by atoms with Gasteiger partial charge < -0.3 is 21.1 Å². The van der Waals surface area contributed by atoms with E-state index in [4.69, 9.17) is 5.73 Å². The minimum Gasteiger partial charge on any atom is -0.508 e. The van der Waals surface area contributed by atoms with E-state index in [0.29, 0.717) is 36.9 Å². The highest BCUT2D eigenvalue weighted by Gasteiger charge is 2.42. The smallest absolute Gasteiger partial charge is 0.252 e. The number of aromatic amines is 1. The highest BCUT2D eigenvalue weighted by molar-refractivity contribution is 9.10. The zero-order chi connectivity index (χ0) is 25.4. The lowest BCUT2D eigenvalue weighted by Crippen LogP contribution is -2.58. The molecule has 186 valence electrons. The summed E-state index contributed by atoms with van der Waals surface area (Å²) < 4.78 is 28.1. The molecule has 0 radical (unpaired) electrons. The van der Waals surface area contributed by atoms with Crippen LogP contribution >= 0.6 is 15.9 Å². The number of fused-ring (bicyclic) bond motifs is 1. The minimum absolute atomic E-state index is 0.0955. The average molecular weight is 554 g/mol. The first-order valence-electron chi connectivity index (χ1n) is 11.8. The third kappa shape index (κ3) is 4.93. The van der Waals surface area contributed by atoms with Gasteiger partial charge in [0.05, 0.1) is 0 Å². The SMILES string of the molecule is NC1(C(c2ccc(O)cc2)c2cc3cc(Br)ccc3[nH]c2=O)CCNC(Cc2ccc(F)c(F)c2)C1. The number of aromatic nitrogens is 1. The molecule has 36 heavy (non-hydrogen) atoms. The number of halogens is 3. The highest BCUT2D eigenvalue weighted by Crippen LogP contribution is 2.40. The maximum atomic E-state index is 13.8. The van der Waals surface area contributed by atoms with E-state index < -0.39 is 23.1 Å². The molecule has 5 nitrogen and oxygen atoms in total. The number of phenols is 1. The number of phenolic OH excluding ortho intramolecular Hbond substituents is 1. The Morgan fingerprint density at radius 1 is 1.06 bits per heavy atom. The molecule has 0 saturated carbocycles. The van der Waals surface area contributed by atoms with E-state index in [1.165, 1.54) is 6.07 Å². The van der Waals surface area contributed by atoms with Crippen molar-refractivity contribution in [2.45, 2.75) is 36.8 Å². The summed E-state index contributed by atoms with van der Waals surface area (Å²) >= 11 is 3.50. The second kappa shape index (κ2) is 9.76. The van der Waals surface area contributed by atoms with E-state index in [9.17, 15) is 18.7 Å². The second-order valence-corrected chi connectivity index (χ2v) is 10.5. The lowest BCUT2D eigenvalue weighted by atomic mass is 9.68. The van der Waals surface area contributed by atoms with Gasteiger partial charge in [0.1, 0.15) is 5.75 Å². The van der Waals surface area contributed by atoms with E-state index in [-0.39, 0.29) is 17.4 Å². The van der Waals surface area contributed by atoms with Gasteiger partial charge in [0, 0.05) is 33.1 Å². The van der Waals surface area contributed by atoms with Gasteiger partial charge in [-0.15, -0.1) is 0 Å². The fourth-order valence-electron chi connectivity index (χ4n) is 5.40.